The Hall–Kier alpha value is -2.64. The van der Waals surface area contributed by atoms with Crippen LogP contribution in [0, 0.1) is 0 Å². The van der Waals surface area contributed by atoms with E-state index in [0.29, 0.717) is 10.8 Å². The van der Waals surface area contributed by atoms with Crippen molar-refractivity contribution in [3.05, 3.63) is 71.7 Å². The van der Waals surface area contributed by atoms with Crippen LogP contribution < -0.4 is 10.6 Å². The summed E-state index contributed by atoms with van der Waals surface area (Å²) in [5.41, 5.74) is 1.60. The summed E-state index contributed by atoms with van der Waals surface area (Å²) in [7, 11) is 0. The van der Waals surface area contributed by atoms with E-state index in [-0.39, 0.29) is 11.8 Å². The van der Waals surface area contributed by atoms with Crippen LogP contribution in [0.3, 0.4) is 0 Å². The molecule has 3 aromatic rings. The standard InChI is InChI=1S/C19H17N3O2S2/c1-13(23)21-15-8-5-9-16(12-15)26-17(14-6-3-2-4-7-14)18(24)22-19-20-10-11-25-19/h2-12,17H,1H3,(H,21,23)(H,20,22,24). The summed E-state index contributed by atoms with van der Waals surface area (Å²) in [6.45, 7) is 1.47. The molecule has 0 bridgehead atoms. The van der Waals surface area contributed by atoms with Crippen molar-refractivity contribution >= 4 is 45.7 Å². The molecular formula is C19H17N3O2S2. The summed E-state index contributed by atoms with van der Waals surface area (Å²) < 4.78 is 0. The molecule has 1 aromatic heterocycles. The van der Waals surface area contributed by atoms with Gasteiger partial charge < -0.3 is 10.6 Å². The molecule has 132 valence electrons. The average Bonchev–Trinajstić information content (AvgIpc) is 3.13. The zero-order valence-corrected chi connectivity index (χ0v) is 15.6. The zero-order valence-electron chi connectivity index (χ0n) is 14.0. The second kappa shape index (κ2) is 8.64. The number of nitrogens with zero attached hydrogens (tertiary/aromatic N) is 1. The predicted molar refractivity (Wildman–Crippen MR) is 107 cm³/mol. The number of nitrogens with one attached hydrogen (secondary N) is 2. The van der Waals surface area contributed by atoms with Gasteiger partial charge in [-0.3, -0.25) is 9.59 Å². The lowest BCUT2D eigenvalue weighted by atomic mass is 10.1. The zero-order chi connectivity index (χ0) is 18.4. The van der Waals surface area contributed by atoms with Crippen molar-refractivity contribution in [1.29, 1.82) is 0 Å². The molecule has 1 unspecified atom stereocenters. The van der Waals surface area contributed by atoms with Gasteiger partial charge in [-0.2, -0.15) is 0 Å². The highest BCUT2D eigenvalue weighted by Gasteiger charge is 2.23. The van der Waals surface area contributed by atoms with Crippen LogP contribution in [0.5, 0.6) is 0 Å². The number of thiazole rings is 1. The lowest BCUT2D eigenvalue weighted by Crippen LogP contribution is -2.18. The van der Waals surface area contributed by atoms with Gasteiger partial charge in [0, 0.05) is 29.1 Å². The van der Waals surface area contributed by atoms with Crippen molar-refractivity contribution < 1.29 is 9.59 Å². The molecule has 1 heterocycles. The SMILES string of the molecule is CC(=O)Nc1cccc(SC(C(=O)Nc2nccs2)c2ccccc2)c1. The number of thioether (sulfide) groups is 1. The maximum atomic E-state index is 12.8. The van der Waals surface area contributed by atoms with E-state index in [1.54, 1.807) is 6.20 Å². The largest absolute Gasteiger partial charge is 0.326 e. The van der Waals surface area contributed by atoms with Crippen LogP contribution >= 0.6 is 23.1 Å². The number of amides is 2. The number of carbonyl (C=O) groups excluding carboxylic acids is 2. The third-order valence-corrected chi connectivity index (χ3v) is 5.35. The van der Waals surface area contributed by atoms with Gasteiger partial charge in [-0.1, -0.05) is 36.4 Å². The minimum atomic E-state index is -0.437. The lowest BCUT2D eigenvalue weighted by Gasteiger charge is -2.16. The molecule has 7 heteroatoms. The van der Waals surface area contributed by atoms with E-state index in [4.69, 9.17) is 0 Å². The van der Waals surface area contributed by atoms with Crippen molar-refractivity contribution in [3.63, 3.8) is 0 Å². The molecule has 0 radical (unpaired) electrons. The van der Waals surface area contributed by atoms with Crippen LogP contribution in [0.4, 0.5) is 10.8 Å². The molecule has 0 saturated heterocycles. The highest BCUT2D eigenvalue weighted by Crippen LogP contribution is 2.37. The fraction of sp³-hybridized carbons (Fsp3) is 0.105. The molecule has 0 aliphatic carbocycles. The summed E-state index contributed by atoms with van der Waals surface area (Å²) in [6.07, 6.45) is 1.65. The third-order valence-electron chi connectivity index (χ3n) is 3.41. The minimum Gasteiger partial charge on any atom is -0.326 e. The molecule has 0 fully saturated rings. The molecule has 2 aromatic carbocycles. The van der Waals surface area contributed by atoms with Gasteiger partial charge in [0.1, 0.15) is 5.25 Å². The summed E-state index contributed by atoms with van der Waals surface area (Å²) in [4.78, 5) is 29.1. The Kier molecular flexibility index (Phi) is 6.04. The Labute approximate surface area is 159 Å². The molecular weight excluding hydrogens is 366 g/mol. The summed E-state index contributed by atoms with van der Waals surface area (Å²) in [5, 5.41) is 7.58. The third kappa shape index (κ3) is 4.93. The number of hydrogen-bond donors (Lipinski definition) is 2. The van der Waals surface area contributed by atoms with Gasteiger partial charge in [-0.05, 0) is 23.8 Å². The fourth-order valence-electron chi connectivity index (χ4n) is 2.34. The van der Waals surface area contributed by atoms with Gasteiger partial charge >= 0.3 is 0 Å². The van der Waals surface area contributed by atoms with Crippen LogP contribution in [-0.2, 0) is 9.59 Å². The average molecular weight is 383 g/mol. The van der Waals surface area contributed by atoms with Gasteiger partial charge in [0.05, 0.1) is 0 Å². The van der Waals surface area contributed by atoms with Crippen LogP contribution in [0.15, 0.2) is 71.1 Å². The van der Waals surface area contributed by atoms with Crippen molar-refractivity contribution in [3.8, 4) is 0 Å². The molecule has 3 rings (SSSR count). The Morgan fingerprint density at radius 3 is 2.58 bits per heavy atom. The fourth-order valence-corrected chi connectivity index (χ4v) is 3.96. The van der Waals surface area contributed by atoms with E-state index >= 15 is 0 Å². The molecule has 0 aliphatic heterocycles. The van der Waals surface area contributed by atoms with Crippen molar-refractivity contribution in [2.45, 2.75) is 17.1 Å². The van der Waals surface area contributed by atoms with Gasteiger partial charge in [0.25, 0.3) is 0 Å². The van der Waals surface area contributed by atoms with E-state index in [1.807, 2.05) is 60.0 Å². The van der Waals surface area contributed by atoms with Crippen LogP contribution in [0.2, 0.25) is 0 Å². The van der Waals surface area contributed by atoms with Gasteiger partial charge in [-0.25, -0.2) is 4.98 Å². The molecule has 2 N–H and O–H groups in total. The second-order valence-corrected chi connectivity index (χ2v) is 7.52. The van der Waals surface area contributed by atoms with E-state index in [2.05, 4.69) is 15.6 Å². The Balaban J connectivity index is 1.84. The van der Waals surface area contributed by atoms with Crippen molar-refractivity contribution in [2.24, 2.45) is 0 Å². The first-order valence-electron chi connectivity index (χ1n) is 7.91. The monoisotopic (exact) mass is 383 g/mol. The molecule has 0 aliphatic rings. The van der Waals surface area contributed by atoms with Crippen LogP contribution in [0.25, 0.3) is 0 Å². The highest BCUT2D eigenvalue weighted by atomic mass is 32.2. The first-order chi connectivity index (χ1) is 12.6. The molecule has 26 heavy (non-hydrogen) atoms. The Morgan fingerprint density at radius 1 is 1.08 bits per heavy atom. The maximum Gasteiger partial charge on any atom is 0.244 e. The van der Waals surface area contributed by atoms with E-state index in [1.165, 1.54) is 30.0 Å². The smallest absolute Gasteiger partial charge is 0.244 e. The number of benzene rings is 2. The molecule has 0 saturated carbocycles. The van der Waals surface area contributed by atoms with Crippen molar-refractivity contribution in [2.75, 3.05) is 10.6 Å². The Bertz CT molecular complexity index is 883. The topological polar surface area (TPSA) is 71.1 Å². The van der Waals surface area contributed by atoms with E-state index in [9.17, 15) is 9.59 Å². The number of carbonyl (C=O) groups is 2. The number of aromatic nitrogens is 1. The Morgan fingerprint density at radius 2 is 1.88 bits per heavy atom. The van der Waals surface area contributed by atoms with Gasteiger partial charge in [0.15, 0.2) is 5.13 Å². The second-order valence-electron chi connectivity index (χ2n) is 5.44. The van der Waals surface area contributed by atoms with E-state index < -0.39 is 5.25 Å². The molecule has 5 nitrogen and oxygen atoms in total. The van der Waals surface area contributed by atoms with Crippen LogP contribution in [0.1, 0.15) is 17.7 Å². The van der Waals surface area contributed by atoms with Gasteiger partial charge in [0.2, 0.25) is 11.8 Å². The van der Waals surface area contributed by atoms with Crippen LogP contribution in [-0.4, -0.2) is 16.8 Å². The molecule has 2 amide bonds. The summed E-state index contributed by atoms with van der Waals surface area (Å²) >= 11 is 2.81. The van der Waals surface area contributed by atoms with E-state index in [0.717, 1.165) is 10.5 Å². The number of anilines is 2. The first-order valence-corrected chi connectivity index (χ1v) is 9.67. The first kappa shape index (κ1) is 18.2. The quantitative estimate of drug-likeness (QED) is 0.612. The highest BCUT2D eigenvalue weighted by molar-refractivity contribution is 8.00. The van der Waals surface area contributed by atoms with Gasteiger partial charge in [-0.15, -0.1) is 23.1 Å². The normalized spacial score (nSPS) is 11.6. The minimum absolute atomic E-state index is 0.131. The number of rotatable bonds is 6. The molecule has 0 spiro atoms. The van der Waals surface area contributed by atoms with Crippen molar-refractivity contribution in [1.82, 2.24) is 4.98 Å². The lowest BCUT2D eigenvalue weighted by molar-refractivity contribution is -0.116. The molecule has 1 atom stereocenters. The summed E-state index contributed by atoms with van der Waals surface area (Å²) in [5.74, 6) is -0.269. The number of hydrogen-bond acceptors (Lipinski definition) is 5. The predicted octanol–water partition coefficient (Wildman–Crippen LogP) is 4.57. The summed E-state index contributed by atoms with van der Waals surface area (Å²) in [6, 6.07) is 17.0. The maximum absolute atomic E-state index is 12.8.